The van der Waals surface area contributed by atoms with Crippen LogP contribution in [0.25, 0.3) is 11.1 Å². The van der Waals surface area contributed by atoms with Crippen molar-refractivity contribution in [2.24, 2.45) is 0 Å². The third-order valence-electron chi connectivity index (χ3n) is 4.15. The molecule has 4 rings (SSSR count). The van der Waals surface area contributed by atoms with Gasteiger partial charge >= 0.3 is 0 Å². The molecule has 1 aliphatic heterocycles. The second-order valence-corrected chi connectivity index (χ2v) is 8.18. The Morgan fingerprint density at radius 1 is 0.714 bits per heavy atom. The normalized spacial score (nSPS) is 19.1. The summed E-state index contributed by atoms with van der Waals surface area (Å²) in [5.74, 6) is 0. The monoisotopic (exact) mass is 290 g/mol. The van der Waals surface area contributed by atoms with Crippen LogP contribution in [0.2, 0.25) is 0 Å². The minimum atomic E-state index is -2.73. The topological polar surface area (TPSA) is 17.1 Å². The molecule has 0 aromatic heterocycles. The van der Waals surface area contributed by atoms with Crippen molar-refractivity contribution in [1.29, 1.82) is 0 Å². The molecule has 1 unspecified atom stereocenters. The van der Waals surface area contributed by atoms with Crippen LogP contribution in [-0.2, 0) is 4.57 Å². The van der Waals surface area contributed by atoms with Gasteiger partial charge in [-0.15, -0.1) is 0 Å². The molecule has 1 heterocycles. The van der Waals surface area contributed by atoms with Crippen molar-refractivity contribution in [2.45, 2.75) is 6.92 Å². The SMILES string of the molecule is Cc1ccc2c(c1)P(=O)(c1ccccc1)c1ccccc1-2. The van der Waals surface area contributed by atoms with Gasteiger partial charge in [-0.2, -0.15) is 0 Å². The standard InChI is InChI=1S/C19H15OP/c1-14-11-12-17-16-9-5-6-10-18(16)21(20,19(17)13-14)15-7-3-2-4-8-15/h2-13H,1H3. The number of benzene rings is 3. The number of fused-ring (bicyclic) bond motifs is 3. The van der Waals surface area contributed by atoms with Crippen molar-refractivity contribution in [1.82, 2.24) is 0 Å². The smallest absolute Gasteiger partial charge is 0.172 e. The highest BCUT2D eigenvalue weighted by Gasteiger charge is 2.39. The van der Waals surface area contributed by atoms with Gasteiger partial charge in [-0.1, -0.05) is 72.3 Å². The summed E-state index contributed by atoms with van der Waals surface area (Å²) in [6.45, 7) is 2.05. The molecule has 21 heavy (non-hydrogen) atoms. The Bertz CT molecular complexity index is 881. The van der Waals surface area contributed by atoms with E-state index in [2.05, 4.69) is 31.2 Å². The number of hydrogen-bond acceptors (Lipinski definition) is 1. The summed E-state index contributed by atoms with van der Waals surface area (Å²) in [5.41, 5.74) is 3.38. The van der Waals surface area contributed by atoms with E-state index in [1.165, 1.54) is 0 Å². The van der Waals surface area contributed by atoms with E-state index < -0.39 is 7.14 Å². The van der Waals surface area contributed by atoms with Gasteiger partial charge in [-0.3, -0.25) is 0 Å². The second kappa shape index (κ2) is 4.44. The summed E-state index contributed by atoms with van der Waals surface area (Å²) in [7, 11) is -2.73. The Hall–Kier alpha value is -2.11. The van der Waals surface area contributed by atoms with E-state index in [9.17, 15) is 4.57 Å². The Morgan fingerprint density at radius 3 is 2.19 bits per heavy atom. The van der Waals surface area contributed by atoms with Gasteiger partial charge in [0.05, 0.1) is 0 Å². The molecule has 1 atom stereocenters. The Balaban J connectivity index is 2.13. The fourth-order valence-corrected chi connectivity index (χ4v) is 6.31. The van der Waals surface area contributed by atoms with E-state index in [0.717, 1.165) is 32.6 Å². The molecule has 0 bridgehead atoms. The Kier molecular flexibility index (Phi) is 2.67. The van der Waals surface area contributed by atoms with Crippen LogP contribution in [0, 0.1) is 6.92 Å². The maximum atomic E-state index is 14.0. The predicted molar refractivity (Wildman–Crippen MR) is 89.6 cm³/mol. The molecule has 102 valence electrons. The maximum absolute atomic E-state index is 14.0. The molecular formula is C19H15OP. The molecule has 0 amide bonds. The molecule has 1 aliphatic rings. The largest absolute Gasteiger partial charge is 0.309 e. The van der Waals surface area contributed by atoms with Gasteiger partial charge in [-0.05, 0) is 24.1 Å². The molecule has 3 aromatic carbocycles. The summed E-state index contributed by atoms with van der Waals surface area (Å²) >= 11 is 0. The van der Waals surface area contributed by atoms with Gasteiger partial charge in [0.15, 0.2) is 7.14 Å². The zero-order valence-electron chi connectivity index (χ0n) is 11.8. The van der Waals surface area contributed by atoms with Gasteiger partial charge in [0.25, 0.3) is 0 Å². The molecule has 3 aromatic rings. The molecule has 2 heteroatoms. The zero-order valence-corrected chi connectivity index (χ0v) is 12.7. The molecule has 0 saturated heterocycles. The maximum Gasteiger partial charge on any atom is 0.172 e. The van der Waals surface area contributed by atoms with Gasteiger partial charge in [0.1, 0.15) is 0 Å². The highest BCUT2D eigenvalue weighted by atomic mass is 31.2. The Morgan fingerprint density at radius 2 is 1.38 bits per heavy atom. The van der Waals surface area contributed by atoms with E-state index in [4.69, 9.17) is 0 Å². The fraction of sp³-hybridized carbons (Fsp3) is 0.0526. The minimum Gasteiger partial charge on any atom is -0.309 e. The number of rotatable bonds is 1. The van der Waals surface area contributed by atoms with Crippen molar-refractivity contribution in [2.75, 3.05) is 0 Å². The van der Waals surface area contributed by atoms with Crippen molar-refractivity contribution in [3.8, 4) is 11.1 Å². The number of aryl methyl sites for hydroxylation is 1. The Labute approximate surface area is 124 Å². The molecule has 0 radical (unpaired) electrons. The van der Waals surface area contributed by atoms with E-state index >= 15 is 0 Å². The first-order chi connectivity index (χ1) is 10.2. The second-order valence-electron chi connectivity index (χ2n) is 5.48. The lowest BCUT2D eigenvalue weighted by molar-refractivity contribution is 0.593. The fourth-order valence-electron chi connectivity index (χ4n) is 3.15. The van der Waals surface area contributed by atoms with E-state index in [0.29, 0.717) is 0 Å². The first-order valence-corrected chi connectivity index (χ1v) is 8.79. The van der Waals surface area contributed by atoms with Crippen LogP contribution in [0.3, 0.4) is 0 Å². The molecular weight excluding hydrogens is 275 g/mol. The molecule has 0 saturated carbocycles. The highest BCUT2D eigenvalue weighted by molar-refractivity contribution is 7.86. The lowest BCUT2D eigenvalue weighted by Gasteiger charge is -2.15. The minimum absolute atomic E-state index is 0.918. The lowest BCUT2D eigenvalue weighted by atomic mass is 10.0. The molecule has 0 aliphatic carbocycles. The highest BCUT2D eigenvalue weighted by Crippen LogP contribution is 2.51. The lowest BCUT2D eigenvalue weighted by Crippen LogP contribution is -2.20. The van der Waals surface area contributed by atoms with E-state index in [1.807, 2.05) is 48.5 Å². The summed E-state index contributed by atoms with van der Waals surface area (Å²) in [4.78, 5) is 0. The number of hydrogen-bond donors (Lipinski definition) is 0. The summed E-state index contributed by atoms with van der Waals surface area (Å²) in [6, 6.07) is 24.2. The molecule has 0 fully saturated rings. The van der Waals surface area contributed by atoms with Crippen LogP contribution < -0.4 is 15.9 Å². The average Bonchev–Trinajstić information content (AvgIpc) is 2.79. The van der Waals surface area contributed by atoms with Crippen LogP contribution in [0.4, 0.5) is 0 Å². The third-order valence-corrected chi connectivity index (χ3v) is 7.29. The van der Waals surface area contributed by atoms with Gasteiger partial charge in [0.2, 0.25) is 0 Å². The van der Waals surface area contributed by atoms with Crippen LogP contribution in [0.5, 0.6) is 0 Å². The van der Waals surface area contributed by atoms with Crippen molar-refractivity contribution in [3.05, 3.63) is 78.4 Å². The first-order valence-electron chi connectivity index (χ1n) is 7.08. The van der Waals surface area contributed by atoms with Crippen LogP contribution in [0.1, 0.15) is 5.56 Å². The summed E-state index contributed by atoms with van der Waals surface area (Å²) in [5, 5.41) is 2.87. The van der Waals surface area contributed by atoms with Gasteiger partial charge in [0, 0.05) is 15.9 Å². The van der Waals surface area contributed by atoms with Crippen LogP contribution >= 0.6 is 7.14 Å². The van der Waals surface area contributed by atoms with Gasteiger partial charge < -0.3 is 4.57 Å². The molecule has 0 spiro atoms. The van der Waals surface area contributed by atoms with Crippen molar-refractivity contribution < 1.29 is 4.57 Å². The van der Waals surface area contributed by atoms with Gasteiger partial charge in [-0.25, -0.2) is 0 Å². The van der Waals surface area contributed by atoms with Crippen molar-refractivity contribution in [3.63, 3.8) is 0 Å². The summed E-state index contributed by atoms with van der Waals surface area (Å²) in [6.07, 6.45) is 0. The quantitative estimate of drug-likeness (QED) is 0.489. The average molecular weight is 290 g/mol. The third kappa shape index (κ3) is 1.68. The van der Waals surface area contributed by atoms with Crippen LogP contribution in [-0.4, -0.2) is 0 Å². The first kappa shape index (κ1) is 12.6. The van der Waals surface area contributed by atoms with E-state index in [-0.39, 0.29) is 0 Å². The molecule has 0 N–H and O–H groups in total. The van der Waals surface area contributed by atoms with E-state index in [1.54, 1.807) is 0 Å². The van der Waals surface area contributed by atoms with Crippen molar-refractivity contribution >= 4 is 23.1 Å². The molecule has 1 nitrogen and oxygen atoms in total. The predicted octanol–water partition coefficient (Wildman–Crippen LogP) is 3.61. The summed E-state index contributed by atoms with van der Waals surface area (Å²) < 4.78 is 14.0. The van der Waals surface area contributed by atoms with Crippen LogP contribution in [0.15, 0.2) is 72.8 Å². The zero-order chi connectivity index (χ0) is 14.4.